The Morgan fingerprint density at radius 3 is 2.63 bits per heavy atom. The van der Waals surface area contributed by atoms with Crippen LogP contribution >= 0.6 is 0 Å². The zero-order chi connectivity index (χ0) is 27.0. The Labute approximate surface area is 228 Å². The van der Waals surface area contributed by atoms with Gasteiger partial charge in [0.2, 0.25) is 0 Å². The van der Waals surface area contributed by atoms with E-state index in [0.717, 1.165) is 53.2 Å². The van der Waals surface area contributed by atoms with E-state index in [9.17, 15) is 4.79 Å². The van der Waals surface area contributed by atoms with Crippen molar-refractivity contribution in [2.75, 3.05) is 19.1 Å². The van der Waals surface area contributed by atoms with Gasteiger partial charge in [0.05, 0.1) is 12.6 Å². The number of carbonyl (C=O) groups excluding carboxylic acids is 1. The van der Waals surface area contributed by atoms with Crippen molar-refractivity contribution in [3.8, 4) is 0 Å². The predicted molar refractivity (Wildman–Crippen MR) is 155 cm³/mol. The molecule has 38 heavy (non-hydrogen) atoms. The number of amides is 1. The van der Waals surface area contributed by atoms with Crippen LogP contribution in [-0.2, 0) is 23.2 Å². The molecule has 204 valence electrons. The minimum absolute atomic E-state index is 0.0551. The summed E-state index contributed by atoms with van der Waals surface area (Å²) in [5.74, 6) is 0.828. The van der Waals surface area contributed by atoms with Crippen LogP contribution in [0, 0.1) is 5.92 Å². The van der Waals surface area contributed by atoms with Crippen LogP contribution in [0.2, 0.25) is 0 Å². The number of likely N-dealkylation sites (N-methyl/N-ethyl adjacent to an activating group) is 1. The lowest BCUT2D eigenvalue weighted by Gasteiger charge is -2.52. The van der Waals surface area contributed by atoms with Gasteiger partial charge in [-0.25, -0.2) is 0 Å². The number of ether oxygens (including phenoxy) is 1. The SMILES string of the molecule is C=Cc1cc(CN[C@H](C)C2CCC2)cc2c1CN(c1cccc(C3(C(N)C(C)NC)CC(OC)C3)c1)C2=O. The highest BCUT2D eigenvalue weighted by Crippen LogP contribution is 2.49. The van der Waals surface area contributed by atoms with E-state index in [1.54, 1.807) is 7.11 Å². The lowest BCUT2D eigenvalue weighted by molar-refractivity contribution is -0.0326. The van der Waals surface area contributed by atoms with Gasteiger partial charge in [-0.15, -0.1) is 0 Å². The van der Waals surface area contributed by atoms with Crippen molar-refractivity contribution in [2.24, 2.45) is 11.7 Å². The summed E-state index contributed by atoms with van der Waals surface area (Å²) >= 11 is 0. The molecule has 2 aromatic carbocycles. The first-order valence-corrected chi connectivity index (χ1v) is 14.2. The Balaban J connectivity index is 1.40. The number of benzene rings is 2. The fraction of sp³-hybridized carbons (Fsp3) is 0.531. The topological polar surface area (TPSA) is 79.6 Å². The zero-order valence-corrected chi connectivity index (χ0v) is 23.4. The van der Waals surface area contributed by atoms with Crippen molar-refractivity contribution in [3.05, 3.63) is 70.8 Å². The van der Waals surface area contributed by atoms with Gasteiger partial charge in [0, 0.05) is 48.4 Å². The number of carbonyl (C=O) groups is 1. The van der Waals surface area contributed by atoms with Crippen molar-refractivity contribution >= 4 is 17.7 Å². The van der Waals surface area contributed by atoms with E-state index in [4.69, 9.17) is 10.5 Å². The summed E-state index contributed by atoms with van der Waals surface area (Å²) in [6.45, 7) is 9.79. The molecule has 0 bridgehead atoms. The normalized spacial score (nSPS) is 25.3. The quantitative estimate of drug-likeness (QED) is 0.402. The first-order chi connectivity index (χ1) is 18.3. The lowest BCUT2D eigenvalue weighted by Crippen LogP contribution is -2.62. The number of nitrogens with one attached hydrogen (secondary N) is 2. The van der Waals surface area contributed by atoms with Crippen LogP contribution in [0.25, 0.3) is 6.08 Å². The highest BCUT2D eigenvalue weighted by Gasteiger charge is 2.51. The van der Waals surface area contributed by atoms with Crippen LogP contribution in [0.4, 0.5) is 5.69 Å². The van der Waals surface area contributed by atoms with E-state index in [0.29, 0.717) is 12.6 Å². The highest BCUT2D eigenvalue weighted by atomic mass is 16.5. The van der Waals surface area contributed by atoms with Gasteiger partial charge >= 0.3 is 0 Å². The Morgan fingerprint density at radius 2 is 2.00 bits per heavy atom. The molecule has 0 aromatic heterocycles. The Kier molecular flexibility index (Phi) is 7.79. The molecule has 1 amide bonds. The molecule has 6 nitrogen and oxygen atoms in total. The number of nitrogens with two attached hydrogens (primary N) is 1. The van der Waals surface area contributed by atoms with Gasteiger partial charge in [-0.2, -0.15) is 0 Å². The number of nitrogens with zero attached hydrogens (tertiary/aromatic N) is 1. The van der Waals surface area contributed by atoms with Gasteiger partial charge < -0.3 is 26.0 Å². The van der Waals surface area contributed by atoms with Crippen LogP contribution < -0.4 is 21.3 Å². The van der Waals surface area contributed by atoms with Crippen LogP contribution in [-0.4, -0.2) is 44.3 Å². The molecule has 2 saturated carbocycles. The summed E-state index contributed by atoms with van der Waals surface area (Å²) in [4.78, 5) is 15.7. The summed E-state index contributed by atoms with van der Waals surface area (Å²) in [5.41, 5.74) is 12.8. The maximum absolute atomic E-state index is 13.8. The largest absolute Gasteiger partial charge is 0.381 e. The van der Waals surface area contributed by atoms with Crippen molar-refractivity contribution in [1.29, 1.82) is 0 Å². The molecule has 5 rings (SSSR count). The predicted octanol–water partition coefficient (Wildman–Crippen LogP) is 4.75. The van der Waals surface area contributed by atoms with E-state index in [-0.39, 0.29) is 29.5 Å². The molecule has 2 aromatic rings. The fourth-order valence-electron chi connectivity index (χ4n) is 6.64. The van der Waals surface area contributed by atoms with Gasteiger partial charge in [0.1, 0.15) is 0 Å². The third-order valence-corrected chi connectivity index (χ3v) is 9.72. The second kappa shape index (κ2) is 10.9. The maximum Gasteiger partial charge on any atom is 0.258 e. The summed E-state index contributed by atoms with van der Waals surface area (Å²) in [7, 11) is 3.73. The van der Waals surface area contributed by atoms with Crippen molar-refractivity contribution in [3.63, 3.8) is 0 Å². The molecule has 1 aliphatic heterocycles. The molecule has 2 aliphatic carbocycles. The minimum Gasteiger partial charge on any atom is -0.381 e. The number of rotatable bonds is 11. The van der Waals surface area contributed by atoms with E-state index < -0.39 is 0 Å². The van der Waals surface area contributed by atoms with Gasteiger partial charge in [-0.1, -0.05) is 37.3 Å². The number of anilines is 1. The van der Waals surface area contributed by atoms with Crippen molar-refractivity contribution in [2.45, 2.75) is 88.7 Å². The van der Waals surface area contributed by atoms with Gasteiger partial charge in [0.15, 0.2) is 0 Å². The summed E-state index contributed by atoms with van der Waals surface area (Å²) in [6.07, 6.45) is 7.83. The fourth-order valence-corrected chi connectivity index (χ4v) is 6.64. The van der Waals surface area contributed by atoms with Crippen molar-refractivity contribution in [1.82, 2.24) is 10.6 Å². The number of fused-ring (bicyclic) bond motifs is 1. The molecule has 0 radical (unpaired) electrons. The standard InChI is InChI=1S/C32H44N4O2/c1-6-23-13-22(18-35-20(2)24-9-7-10-24)14-28-29(23)19-36(31(28)37)26-12-8-11-25(15-26)32(16-27(17-32)38-5)30(33)21(3)34-4/h6,8,11-15,20-21,24,27,30,34-35H,1,7,9-10,16-19,33H2,2-5H3/t20-,21?,27?,30?,32?/m1/s1. The Hall–Kier alpha value is -2.51. The van der Waals surface area contributed by atoms with E-state index >= 15 is 0 Å². The molecule has 6 heteroatoms. The molecule has 1 heterocycles. The van der Waals surface area contributed by atoms with Gasteiger partial charge in [-0.05, 0) is 92.9 Å². The molecule has 3 aliphatic rings. The molecule has 3 atom stereocenters. The minimum atomic E-state index is -0.184. The summed E-state index contributed by atoms with van der Waals surface area (Å²) < 4.78 is 5.65. The second-order valence-electron chi connectivity index (χ2n) is 11.7. The molecular weight excluding hydrogens is 472 g/mol. The monoisotopic (exact) mass is 516 g/mol. The van der Waals surface area contributed by atoms with E-state index in [2.05, 4.69) is 61.4 Å². The lowest BCUT2D eigenvalue weighted by atomic mass is 9.57. The van der Waals surface area contributed by atoms with Crippen LogP contribution in [0.1, 0.15) is 78.6 Å². The van der Waals surface area contributed by atoms with Crippen molar-refractivity contribution < 1.29 is 9.53 Å². The molecule has 2 unspecified atom stereocenters. The Morgan fingerprint density at radius 1 is 1.24 bits per heavy atom. The molecule has 0 spiro atoms. The first kappa shape index (κ1) is 27.1. The highest BCUT2D eigenvalue weighted by molar-refractivity contribution is 6.10. The molecule has 0 saturated heterocycles. The van der Waals surface area contributed by atoms with E-state index in [1.165, 1.54) is 24.8 Å². The summed E-state index contributed by atoms with van der Waals surface area (Å²) in [6, 6.07) is 13.3. The maximum atomic E-state index is 13.8. The molecule has 2 fully saturated rings. The zero-order valence-electron chi connectivity index (χ0n) is 23.4. The average Bonchev–Trinajstić information content (AvgIpc) is 3.21. The van der Waals surface area contributed by atoms with Crippen LogP contribution in [0.15, 0.2) is 43.0 Å². The number of hydrogen-bond acceptors (Lipinski definition) is 5. The second-order valence-corrected chi connectivity index (χ2v) is 11.7. The number of methoxy groups -OCH3 is 1. The van der Waals surface area contributed by atoms with Crippen LogP contribution in [0.3, 0.4) is 0 Å². The summed E-state index contributed by atoms with van der Waals surface area (Å²) in [5, 5.41) is 7.02. The third kappa shape index (κ3) is 4.73. The number of hydrogen-bond donors (Lipinski definition) is 3. The van der Waals surface area contributed by atoms with Gasteiger partial charge in [0.25, 0.3) is 5.91 Å². The van der Waals surface area contributed by atoms with Gasteiger partial charge in [-0.3, -0.25) is 4.79 Å². The first-order valence-electron chi connectivity index (χ1n) is 14.2. The third-order valence-electron chi connectivity index (χ3n) is 9.72. The van der Waals surface area contributed by atoms with E-state index in [1.807, 2.05) is 24.1 Å². The van der Waals surface area contributed by atoms with Crippen LogP contribution in [0.5, 0.6) is 0 Å². The smallest absolute Gasteiger partial charge is 0.258 e. The Bertz CT molecular complexity index is 1180. The molecular formula is C32H44N4O2. The molecule has 4 N–H and O–H groups in total. The average molecular weight is 517 g/mol.